The Bertz CT molecular complexity index is 1080. The molecule has 1 N–H and O–H groups in total. The van der Waals surface area contributed by atoms with E-state index in [1.807, 2.05) is 42.6 Å². The number of fused-ring (bicyclic) bond motifs is 1. The Morgan fingerprint density at radius 1 is 1.10 bits per heavy atom. The van der Waals surface area contributed by atoms with E-state index in [9.17, 15) is 14.4 Å². The molecule has 29 heavy (non-hydrogen) atoms. The average Bonchev–Trinajstić information content (AvgIpc) is 3.25. The zero-order valence-corrected chi connectivity index (χ0v) is 16.3. The van der Waals surface area contributed by atoms with Crippen LogP contribution < -0.4 is 4.74 Å². The minimum Gasteiger partial charge on any atom is -0.497 e. The van der Waals surface area contributed by atoms with Crippen LogP contribution in [0, 0.1) is 5.92 Å². The van der Waals surface area contributed by atoms with Crippen LogP contribution in [0.25, 0.3) is 10.9 Å². The molecule has 1 amide bonds. The molecule has 1 aromatic heterocycles. The Morgan fingerprint density at radius 3 is 2.52 bits per heavy atom. The van der Waals surface area contributed by atoms with Gasteiger partial charge >= 0.3 is 0 Å². The van der Waals surface area contributed by atoms with E-state index in [0.29, 0.717) is 18.7 Å². The van der Waals surface area contributed by atoms with Crippen LogP contribution >= 0.6 is 0 Å². The zero-order chi connectivity index (χ0) is 20.5. The van der Waals surface area contributed by atoms with Crippen LogP contribution in [0.5, 0.6) is 5.75 Å². The molecule has 2 unspecified atom stereocenters. The van der Waals surface area contributed by atoms with E-state index in [1.54, 1.807) is 19.2 Å². The molecule has 1 aliphatic rings. The fourth-order valence-electron chi connectivity index (χ4n) is 4.12. The lowest BCUT2D eigenvalue weighted by molar-refractivity contribution is -0.142. The Balaban J connectivity index is 1.65. The molecule has 4 rings (SSSR count). The zero-order valence-electron chi connectivity index (χ0n) is 16.3. The Labute approximate surface area is 168 Å². The number of hydrogen-bond acceptors (Lipinski definition) is 4. The molecular formula is C23H22N2O4. The number of rotatable bonds is 6. The molecule has 1 aliphatic heterocycles. The molecule has 1 fully saturated rings. The second-order valence-electron chi connectivity index (χ2n) is 7.28. The highest BCUT2D eigenvalue weighted by atomic mass is 16.5. The summed E-state index contributed by atoms with van der Waals surface area (Å²) in [4.78, 5) is 42.3. The molecular weight excluding hydrogens is 368 g/mol. The first-order valence-electron chi connectivity index (χ1n) is 9.55. The number of ether oxygens (including phenoxy) is 1. The van der Waals surface area contributed by atoms with Gasteiger partial charge in [-0.3, -0.25) is 14.4 Å². The molecule has 2 aromatic carbocycles. The predicted octanol–water partition coefficient (Wildman–Crippen LogP) is 3.08. The second-order valence-corrected chi connectivity index (χ2v) is 7.28. The van der Waals surface area contributed by atoms with Crippen LogP contribution in [0.2, 0.25) is 0 Å². The molecule has 2 atom stereocenters. The van der Waals surface area contributed by atoms with E-state index in [2.05, 4.69) is 4.98 Å². The molecule has 6 nitrogen and oxygen atoms in total. The summed E-state index contributed by atoms with van der Waals surface area (Å²) in [7, 11) is 1.57. The van der Waals surface area contributed by atoms with Crippen LogP contribution in [-0.4, -0.2) is 41.0 Å². The molecule has 0 radical (unpaired) electrons. The molecule has 0 aliphatic carbocycles. The van der Waals surface area contributed by atoms with Gasteiger partial charge in [-0.2, -0.15) is 0 Å². The third-order valence-corrected chi connectivity index (χ3v) is 5.60. The summed E-state index contributed by atoms with van der Waals surface area (Å²) in [6.07, 6.45) is 2.51. The number of H-pyrrole nitrogens is 1. The molecule has 3 aromatic rings. The van der Waals surface area contributed by atoms with Gasteiger partial charge in [0, 0.05) is 23.6 Å². The molecule has 148 valence electrons. The molecule has 2 heterocycles. The average molecular weight is 390 g/mol. The van der Waals surface area contributed by atoms with Crippen molar-refractivity contribution in [2.24, 2.45) is 5.92 Å². The number of aromatic nitrogens is 1. The lowest BCUT2D eigenvalue weighted by Crippen LogP contribution is -2.32. The summed E-state index contributed by atoms with van der Waals surface area (Å²) < 4.78 is 5.19. The van der Waals surface area contributed by atoms with Gasteiger partial charge in [-0.25, -0.2) is 0 Å². The maximum absolute atomic E-state index is 12.7. The van der Waals surface area contributed by atoms with Crippen molar-refractivity contribution in [3.63, 3.8) is 0 Å². The largest absolute Gasteiger partial charge is 0.497 e. The minimum absolute atomic E-state index is 0.293. The number of likely N-dealkylation sites (tertiary alicyclic amines) is 1. The Hall–Kier alpha value is -3.41. The van der Waals surface area contributed by atoms with Crippen LogP contribution in [0.15, 0.2) is 54.7 Å². The van der Waals surface area contributed by atoms with Crippen molar-refractivity contribution >= 4 is 28.4 Å². The highest BCUT2D eigenvalue weighted by Crippen LogP contribution is 2.37. The van der Waals surface area contributed by atoms with Gasteiger partial charge in [-0.15, -0.1) is 0 Å². The standard InChI is InChI=1S/C23H22N2O4/c1-14(26)20-21(15-7-9-17(29-2)10-8-15)25(23(28)22(20)27)12-11-16-13-24-19-6-4-3-5-18(16)19/h3-10,13,20-21,24H,11-12H2,1-2H3. The van der Waals surface area contributed by atoms with Crippen molar-refractivity contribution in [3.05, 3.63) is 65.9 Å². The summed E-state index contributed by atoms with van der Waals surface area (Å²) in [6, 6.07) is 14.5. The van der Waals surface area contributed by atoms with Gasteiger partial charge in [0.15, 0.2) is 0 Å². The monoisotopic (exact) mass is 390 g/mol. The highest BCUT2D eigenvalue weighted by molar-refractivity contribution is 6.42. The second kappa shape index (κ2) is 7.54. The maximum atomic E-state index is 12.7. The van der Waals surface area contributed by atoms with Crippen LogP contribution in [0.4, 0.5) is 0 Å². The van der Waals surface area contributed by atoms with Crippen molar-refractivity contribution in [1.29, 1.82) is 0 Å². The summed E-state index contributed by atoms with van der Waals surface area (Å²) in [5.74, 6) is -1.81. The number of benzene rings is 2. The highest BCUT2D eigenvalue weighted by Gasteiger charge is 2.49. The van der Waals surface area contributed by atoms with E-state index < -0.39 is 23.7 Å². The quantitative estimate of drug-likeness (QED) is 0.518. The van der Waals surface area contributed by atoms with Gasteiger partial charge < -0.3 is 14.6 Å². The first-order valence-corrected chi connectivity index (χ1v) is 9.55. The maximum Gasteiger partial charge on any atom is 0.291 e. The minimum atomic E-state index is -0.973. The van der Waals surface area contributed by atoms with Crippen molar-refractivity contribution in [3.8, 4) is 5.75 Å². The van der Waals surface area contributed by atoms with Crippen molar-refractivity contribution in [1.82, 2.24) is 9.88 Å². The number of para-hydroxylation sites is 1. The number of Topliss-reactive ketones (excluding diaryl/α,β-unsaturated/α-hetero) is 2. The SMILES string of the molecule is COc1ccc(C2C(C(C)=O)C(=O)C(=O)N2CCc2c[nH]c3ccccc23)cc1. The van der Waals surface area contributed by atoms with Gasteiger partial charge in [0.05, 0.1) is 13.2 Å². The topological polar surface area (TPSA) is 79.5 Å². The fraction of sp³-hybridized carbons (Fsp3) is 0.261. The number of nitrogens with zero attached hydrogens (tertiary/aromatic N) is 1. The van der Waals surface area contributed by atoms with Gasteiger partial charge in [-0.1, -0.05) is 30.3 Å². The molecule has 6 heteroatoms. The van der Waals surface area contributed by atoms with Crippen molar-refractivity contribution in [2.75, 3.05) is 13.7 Å². The summed E-state index contributed by atoms with van der Waals surface area (Å²) >= 11 is 0. The molecule has 0 spiro atoms. The number of amides is 1. The number of aromatic amines is 1. The summed E-state index contributed by atoms with van der Waals surface area (Å²) in [5.41, 5.74) is 2.85. The van der Waals surface area contributed by atoms with E-state index in [-0.39, 0.29) is 5.78 Å². The van der Waals surface area contributed by atoms with Crippen molar-refractivity contribution in [2.45, 2.75) is 19.4 Å². The van der Waals surface area contributed by atoms with Gasteiger partial charge in [0.25, 0.3) is 5.91 Å². The number of ketones is 2. The molecule has 0 bridgehead atoms. The third kappa shape index (κ3) is 3.31. The number of methoxy groups -OCH3 is 1. The summed E-state index contributed by atoms with van der Waals surface area (Å²) in [5, 5.41) is 1.09. The van der Waals surface area contributed by atoms with Gasteiger partial charge in [0.2, 0.25) is 5.78 Å². The van der Waals surface area contributed by atoms with Crippen LogP contribution in [0.3, 0.4) is 0 Å². The van der Waals surface area contributed by atoms with Crippen LogP contribution in [0.1, 0.15) is 24.1 Å². The first-order chi connectivity index (χ1) is 14.0. The van der Waals surface area contributed by atoms with Gasteiger partial charge in [-0.05, 0) is 42.7 Å². The van der Waals surface area contributed by atoms with E-state index in [0.717, 1.165) is 22.0 Å². The van der Waals surface area contributed by atoms with E-state index >= 15 is 0 Å². The van der Waals surface area contributed by atoms with Gasteiger partial charge in [0.1, 0.15) is 17.5 Å². The third-order valence-electron chi connectivity index (χ3n) is 5.60. The number of carbonyl (C=O) groups is 3. The first kappa shape index (κ1) is 18.9. The van der Waals surface area contributed by atoms with Crippen molar-refractivity contribution < 1.29 is 19.1 Å². The lowest BCUT2D eigenvalue weighted by Gasteiger charge is -2.27. The lowest BCUT2D eigenvalue weighted by atomic mass is 9.90. The molecule has 1 saturated heterocycles. The molecule has 0 saturated carbocycles. The normalized spacial score (nSPS) is 19.2. The van der Waals surface area contributed by atoms with Crippen LogP contribution in [-0.2, 0) is 20.8 Å². The Kier molecular flexibility index (Phi) is 4.92. The fourth-order valence-corrected chi connectivity index (χ4v) is 4.12. The number of nitrogens with one attached hydrogen (secondary N) is 1. The Morgan fingerprint density at radius 2 is 1.83 bits per heavy atom. The smallest absolute Gasteiger partial charge is 0.291 e. The predicted molar refractivity (Wildman–Crippen MR) is 109 cm³/mol. The van der Waals surface area contributed by atoms with E-state index in [4.69, 9.17) is 4.74 Å². The summed E-state index contributed by atoms with van der Waals surface area (Å²) in [6.45, 7) is 1.72. The number of carbonyl (C=O) groups excluding carboxylic acids is 3. The van der Waals surface area contributed by atoms with E-state index in [1.165, 1.54) is 11.8 Å². The number of hydrogen-bond donors (Lipinski definition) is 1.